The predicted octanol–water partition coefficient (Wildman–Crippen LogP) is 5.83. The molecule has 21 heavy (non-hydrogen) atoms. The van der Waals surface area contributed by atoms with Crippen molar-refractivity contribution in [3.8, 4) is 0 Å². The van der Waals surface area contributed by atoms with Crippen molar-refractivity contribution in [1.29, 1.82) is 0 Å². The minimum atomic E-state index is -0.156. The number of hydrogen-bond donors (Lipinski definition) is 1. The van der Waals surface area contributed by atoms with Gasteiger partial charge in [-0.05, 0) is 55.5 Å². The van der Waals surface area contributed by atoms with Crippen molar-refractivity contribution in [1.82, 2.24) is 5.32 Å². The fraction of sp³-hybridized carbons (Fsp3) is 0.444. The molecule has 114 valence electrons. The van der Waals surface area contributed by atoms with Gasteiger partial charge in [0.05, 0.1) is 0 Å². The van der Waals surface area contributed by atoms with E-state index in [4.69, 9.17) is 0 Å². The van der Waals surface area contributed by atoms with E-state index >= 15 is 0 Å². The monoisotopic (exact) mass is 305 g/mol. The second kappa shape index (κ2) is 8.30. The molecule has 3 heteroatoms. The van der Waals surface area contributed by atoms with Crippen molar-refractivity contribution in [2.45, 2.75) is 45.1 Å². The highest BCUT2D eigenvalue weighted by Gasteiger charge is 2.13. The highest BCUT2D eigenvalue weighted by atomic mass is 32.1. The van der Waals surface area contributed by atoms with E-state index in [9.17, 15) is 4.39 Å². The molecule has 0 radical (unpaired) electrons. The van der Waals surface area contributed by atoms with Crippen LogP contribution < -0.4 is 5.32 Å². The van der Waals surface area contributed by atoms with Gasteiger partial charge >= 0.3 is 0 Å². The van der Waals surface area contributed by atoms with E-state index in [1.54, 1.807) is 23.5 Å². The van der Waals surface area contributed by atoms with Crippen LogP contribution in [0.15, 0.2) is 36.9 Å². The SMILES string of the molecule is C=CCCCCCC(NCC)c1cc2cc(F)ccc2s1. The van der Waals surface area contributed by atoms with Gasteiger partial charge in [0.25, 0.3) is 0 Å². The summed E-state index contributed by atoms with van der Waals surface area (Å²) in [7, 11) is 0. The van der Waals surface area contributed by atoms with Crippen LogP contribution in [0.2, 0.25) is 0 Å². The van der Waals surface area contributed by atoms with Crippen LogP contribution >= 0.6 is 11.3 Å². The van der Waals surface area contributed by atoms with Gasteiger partial charge in [-0.25, -0.2) is 4.39 Å². The molecule has 2 rings (SSSR count). The van der Waals surface area contributed by atoms with Crippen LogP contribution in [0.5, 0.6) is 0 Å². The molecule has 0 bridgehead atoms. The second-order valence-corrected chi connectivity index (χ2v) is 6.48. The van der Waals surface area contributed by atoms with Crippen molar-refractivity contribution in [2.24, 2.45) is 0 Å². The molecule has 0 fully saturated rings. The first-order valence-electron chi connectivity index (χ1n) is 7.78. The van der Waals surface area contributed by atoms with Gasteiger partial charge in [-0.3, -0.25) is 0 Å². The smallest absolute Gasteiger partial charge is 0.123 e. The molecule has 0 saturated heterocycles. The zero-order chi connectivity index (χ0) is 15.1. The van der Waals surface area contributed by atoms with Gasteiger partial charge in [-0.15, -0.1) is 17.9 Å². The first kappa shape index (κ1) is 16.2. The van der Waals surface area contributed by atoms with Crippen LogP contribution in [0.25, 0.3) is 10.1 Å². The van der Waals surface area contributed by atoms with Crippen molar-refractivity contribution >= 4 is 21.4 Å². The highest BCUT2D eigenvalue weighted by molar-refractivity contribution is 7.19. The largest absolute Gasteiger partial charge is 0.310 e. The maximum atomic E-state index is 13.3. The summed E-state index contributed by atoms with van der Waals surface area (Å²) >= 11 is 1.78. The molecule has 1 atom stereocenters. The van der Waals surface area contributed by atoms with Gasteiger partial charge in [0, 0.05) is 15.6 Å². The van der Waals surface area contributed by atoms with E-state index in [1.165, 1.54) is 28.8 Å². The molecular formula is C18H24FNS. The number of thiophene rings is 1. The number of allylic oxidation sites excluding steroid dienone is 1. The maximum Gasteiger partial charge on any atom is 0.123 e. The number of fused-ring (bicyclic) bond motifs is 1. The zero-order valence-electron chi connectivity index (χ0n) is 12.7. The first-order chi connectivity index (χ1) is 10.2. The number of nitrogens with one attached hydrogen (secondary N) is 1. The maximum absolute atomic E-state index is 13.3. The normalized spacial score (nSPS) is 12.7. The second-order valence-electron chi connectivity index (χ2n) is 5.37. The summed E-state index contributed by atoms with van der Waals surface area (Å²) in [6, 6.07) is 7.58. The number of rotatable bonds is 9. The lowest BCUT2D eigenvalue weighted by Crippen LogP contribution is -2.19. The van der Waals surface area contributed by atoms with E-state index in [1.807, 2.05) is 12.1 Å². The van der Waals surface area contributed by atoms with Crippen molar-refractivity contribution in [2.75, 3.05) is 6.54 Å². The van der Waals surface area contributed by atoms with Gasteiger partial charge in [0.1, 0.15) is 5.82 Å². The molecule has 1 unspecified atom stereocenters. The standard InChI is InChI=1S/C18H24FNS/c1-3-5-6-7-8-9-16(20-4-2)18-13-14-12-15(19)10-11-17(14)21-18/h3,10-13,16,20H,1,4-9H2,2H3. The first-order valence-corrected chi connectivity index (χ1v) is 8.59. The van der Waals surface area contributed by atoms with Crippen LogP contribution in [0.3, 0.4) is 0 Å². The van der Waals surface area contributed by atoms with E-state index in [-0.39, 0.29) is 5.82 Å². The summed E-state index contributed by atoms with van der Waals surface area (Å²) in [5, 5.41) is 4.58. The fourth-order valence-corrected chi connectivity index (χ4v) is 3.77. The number of hydrogen-bond acceptors (Lipinski definition) is 2. The third kappa shape index (κ3) is 4.65. The molecule has 0 saturated carbocycles. The Kier molecular flexibility index (Phi) is 6.40. The number of unbranched alkanes of at least 4 members (excludes halogenated alkanes) is 3. The van der Waals surface area contributed by atoms with Crippen LogP contribution in [0.1, 0.15) is 49.9 Å². The Morgan fingerprint density at radius 3 is 2.90 bits per heavy atom. The average Bonchev–Trinajstić information content (AvgIpc) is 2.88. The summed E-state index contributed by atoms with van der Waals surface area (Å²) in [5.74, 6) is -0.156. The minimum Gasteiger partial charge on any atom is -0.310 e. The quantitative estimate of drug-likeness (QED) is 0.454. The van der Waals surface area contributed by atoms with Crippen LogP contribution in [-0.4, -0.2) is 6.54 Å². The Morgan fingerprint density at radius 1 is 1.29 bits per heavy atom. The molecule has 0 amide bonds. The van der Waals surface area contributed by atoms with Crippen molar-refractivity contribution in [3.05, 3.63) is 47.6 Å². The van der Waals surface area contributed by atoms with Crippen LogP contribution in [0, 0.1) is 5.82 Å². The third-order valence-electron chi connectivity index (χ3n) is 3.69. The highest BCUT2D eigenvalue weighted by Crippen LogP contribution is 2.32. The summed E-state index contributed by atoms with van der Waals surface area (Å²) in [6.45, 7) is 6.86. The molecule has 1 heterocycles. The van der Waals surface area contributed by atoms with Gasteiger partial charge in [-0.2, -0.15) is 0 Å². The van der Waals surface area contributed by atoms with Crippen LogP contribution in [0.4, 0.5) is 4.39 Å². The number of halogens is 1. The van der Waals surface area contributed by atoms with E-state index in [0.717, 1.165) is 24.8 Å². The average molecular weight is 305 g/mol. The Hall–Kier alpha value is -1.19. The molecule has 0 aliphatic heterocycles. The Morgan fingerprint density at radius 2 is 2.14 bits per heavy atom. The van der Waals surface area contributed by atoms with Gasteiger partial charge in [-0.1, -0.05) is 25.8 Å². The molecule has 1 aromatic heterocycles. The lowest BCUT2D eigenvalue weighted by molar-refractivity contribution is 0.490. The Labute approximate surface area is 130 Å². The zero-order valence-corrected chi connectivity index (χ0v) is 13.5. The van der Waals surface area contributed by atoms with Gasteiger partial charge in [0.15, 0.2) is 0 Å². The van der Waals surface area contributed by atoms with E-state index < -0.39 is 0 Å². The lowest BCUT2D eigenvalue weighted by atomic mass is 10.1. The van der Waals surface area contributed by atoms with E-state index in [2.05, 4.69) is 24.9 Å². The summed E-state index contributed by atoms with van der Waals surface area (Å²) in [6.07, 6.45) is 7.91. The van der Waals surface area contributed by atoms with Crippen LogP contribution in [-0.2, 0) is 0 Å². The minimum absolute atomic E-state index is 0.156. The van der Waals surface area contributed by atoms with Crippen molar-refractivity contribution in [3.63, 3.8) is 0 Å². The lowest BCUT2D eigenvalue weighted by Gasteiger charge is -2.16. The van der Waals surface area contributed by atoms with Gasteiger partial charge < -0.3 is 5.32 Å². The summed E-state index contributed by atoms with van der Waals surface area (Å²) < 4.78 is 14.5. The summed E-state index contributed by atoms with van der Waals surface area (Å²) in [4.78, 5) is 1.32. The molecule has 1 aromatic carbocycles. The fourth-order valence-electron chi connectivity index (χ4n) is 2.61. The Bertz CT molecular complexity index is 576. The molecule has 0 aliphatic rings. The molecule has 0 spiro atoms. The molecule has 2 aromatic rings. The Balaban J connectivity index is 2.02. The molecule has 1 N–H and O–H groups in total. The predicted molar refractivity (Wildman–Crippen MR) is 91.5 cm³/mol. The summed E-state index contributed by atoms with van der Waals surface area (Å²) in [5.41, 5.74) is 0. The molecule has 1 nitrogen and oxygen atoms in total. The number of benzene rings is 1. The van der Waals surface area contributed by atoms with Gasteiger partial charge in [0.2, 0.25) is 0 Å². The van der Waals surface area contributed by atoms with Crippen molar-refractivity contribution < 1.29 is 4.39 Å². The topological polar surface area (TPSA) is 12.0 Å². The molecular weight excluding hydrogens is 281 g/mol. The molecule has 0 aliphatic carbocycles. The van der Waals surface area contributed by atoms with E-state index in [0.29, 0.717) is 6.04 Å². The third-order valence-corrected chi connectivity index (χ3v) is 4.92.